The van der Waals surface area contributed by atoms with Gasteiger partial charge in [0.15, 0.2) is 0 Å². The SMILES string of the molecule is ClCc1nccc(-c2ccc[nH]2)n1. The predicted octanol–water partition coefficient (Wildman–Crippen LogP) is 2.21. The van der Waals surface area contributed by atoms with Gasteiger partial charge in [-0.3, -0.25) is 0 Å². The minimum atomic E-state index is 0.342. The Balaban J connectivity index is 2.41. The molecule has 0 aliphatic carbocycles. The van der Waals surface area contributed by atoms with Crippen LogP contribution in [-0.2, 0) is 5.88 Å². The van der Waals surface area contributed by atoms with Crippen molar-refractivity contribution in [3.8, 4) is 11.4 Å². The molecule has 0 saturated heterocycles. The van der Waals surface area contributed by atoms with Crippen LogP contribution >= 0.6 is 11.6 Å². The second-order valence-electron chi connectivity index (χ2n) is 2.58. The van der Waals surface area contributed by atoms with E-state index >= 15 is 0 Å². The molecule has 2 rings (SSSR count). The summed E-state index contributed by atoms with van der Waals surface area (Å²) >= 11 is 5.63. The number of aromatic nitrogens is 3. The molecular weight excluding hydrogens is 186 g/mol. The molecule has 13 heavy (non-hydrogen) atoms. The zero-order chi connectivity index (χ0) is 9.10. The Bertz CT molecular complexity index is 384. The van der Waals surface area contributed by atoms with E-state index in [0.717, 1.165) is 11.4 Å². The first-order valence-electron chi connectivity index (χ1n) is 3.92. The van der Waals surface area contributed by atoms with Crippen LogP contribution in [0.2, 0.25) is 0 Å². The van der Waals surface area contributed by atoms with Crippen LogP contribution in [0.3, 0.4) is 0 Å². The molecule has 4 heteroatoms. The first kappa shape index (κ1) is 8.26. The molecule has 0 fully saturated rings. The van der Waals surface area contributed by atoms with Crippen LogP contribution in [0.25, 0.3) is 11.4 Å². The van der Waals surface area contributed by atoms with Crippen molar-refractivity contribution in [1.82, 2.24) is 15.0 Å². The normalized spacial score (nSPS) is 10.2. The lowest BCUT2D eigenvalue weighted by atomic mass is 10.3. The van der Waals surface area contributed by atoms with Crippen LogP contribution in [0.5, 0.6) is 0 Å². The van der Waals surface area contributed by atoms with Crippen molar-refractivity contribution in [1.29, 1.82) is 0 Å². The van der Waals surface area contributed by atoms with Gasteiger partial charge in [-0.05, 0) is 18.2 Å². The molecule has 0 aromatic carbocycles. The Morgan fingerprint density at radius 2 is 2.31 bits per heavy atom. The Kier molecular flexibility index (Phi) is 2.27. The summed E-state index contributed by atoms with van der Waals surface area (Å²) in [7, 11) is 0. The van der Waals surface area contributed by atoms with E-state index < -0.39 is 0 Å². The standard InChI is InChI=1S/C9H8ClN3/c10-6-9-12-5-3-8(13-9)7-2-1-4-11-7/h1-5,11H,6H2. The number of aromatic amines is 1. The highest BCUT2D eigenvalue weighted by molar-refractivity contribution is 6.16. The molecule has 0 bridgehead atoms. The molecule has 0 radical (unpaired) electrons. The quantitative estimate of drug-likeness (QED) is 0.743. The second-order valence-corrected chi connectivity index (χ2v) is 2.84. The Morgan fingerprint density at radius 1 is 1.38 bits per heavy atom. The summed E-state index contributed by atoms with van der Waals surface area (Å²) in [6.45, 7) is 0. The van der Waals surface area contributed by atoms with Gasteiger partial charge in [-0.1, -0.05) is 0 Å². The average Bonchev–Trinajstić information content (AvgIpc) is 2.71. The molecule has 2 heterocycles. The maximum Gasteiger partial charge on any atom is 0.143 e. The summed E-state index contributed by atoms with van der Waals surface area (Å²) in [6, 6.07) is 5.74. The predicted molar refractivity (Wildman–Crippen MR) is 51.4 cm³/mol. The molecule has 3 nitrogen and oxygen atoms in total. The summed E-state index contributed by atoms with van der Waals surface area (Å²) in [5.41, 5.74) is 1.85. The lowest BCUT2D eigenvalue weighted by Crippen LogP contribution is -1.92. The number of nitrogens with one attached hydrogen (secondary N) is 1. The molecule has 66 valence electrons. The minimum absolute atomic E-state index is 0.342. The van der Waals surface area contributed by atoms with Crippen molar-refractivity contribution in [3.63, 3.8) is 0 Å². The maximum absolute atomic E-state index is 5.63. The van der Waals surface area contributed by atoms with E-state index in [4.69, 9.17) is 11.6 Å². The van der Waals surface area contributed by atoms with Crippen LogP contribution in [0, 0.1) is 0 Å². The van der Waals surface area contributed by atoms with Crippen molar-refractivity contribution in [2.45, 2.75) is 5.88 Å². The van der Waals surface area contributed by atoms with Crippen LogP contribution in [-0.4, -0.2) is 15.0 Å². The van der Waals surface area contributed by atoms with Crippen LogP contribution in [0.4, 0.5) is 0 Å². The van der Waals surface area contributed by atoms with E-state index in [1.54, 1.807) is 6.20 Å². The number of hydrogen-bond donors (Lipinski definition) is 1. The van der Waals surface area contributed by atoms with Gasteiger partial charge in [0.05, 0.1) is 17.3 Å². The van der Waals surface area contributed by atoms with Gasteiger partial charge in [0, 0.05) is 12.4 Å². The highest BCUT2D eigenvalue weighted by Crippen LogP contribution is 2.13. The van der Waals surface area contributed by atoms with E-state index in [2.05, 4.69) is 15.0 Å². The zero-order valence-electron chi connectivity index (χ0n) is 6.87. The fourth-order valence-corrected chi connectivity index (χ4v) is 1.23. The smallest absolute Gasteiger partial charge is 0.143 e. The molecule has 0 spiro atoms. The van der Waals surface area contributed by atoms with Crippen molar-refractivity contribution in [3.05, 3.63) is 36.4 Å². The van der Waals surface area contributed by atoms with E-state index in [9.17, 15) is 0 Å². The second kappa shape index (κ2) is 3.58. The van der Waals surface area contributed by atoms with Gasteiger partial charge in [-0.2, -0.15) is 0 Å². The highest BCUT2D eigenvalue weighted by atomic mass is 35.5. The molecule has 1 N–H and O–H groups in total. The van der Waals surface area contributed by atoms with Gasteiger partial charge in [0.2, 0.25) is 0 Å². The first-order chi connectivity index (χ1) is 6.40. The minimum Gasteiger partial charge on any atom is -0.360 e. The van der Waals surface area contributed by atoms with Crippen molar-refractivity contribution >= 4 is 11.6 Å². The van der Waals surface area contributed by atoms with Gasteiger partial charge in [0.1, 0.15) is 5.82 Å². The van der Waals surface area contributed by atoms with Gasteiger partial charge in [-0.25, -0.2) is 9.97 Å². The molecule has 0 aliphatic heterocycles. The molecule has 0 unspecified atom stereocenters. The Hall–Kier alpha value is -1.35. The highest BCUT2D eigenvalue weighted by Gasteiger charge is 2.00. The lowest BCUT2D eigenvalue weighted by Gasteiger charge is -1.98. The van der Waals surface area contributed by atoms with E-state index in [1.165, 1.54) is 0 Å². The van der Waals surface area contributed by atoms with Crippen LogP contribution < -0.4 is 0 Å². The Labute approximate surface area is 80.8 Å². The van der Waals surface area contributed by atoms with E-state index in [1.807, 2.05) is 24.4 Å². The third kappa shape index (κ3) is 1.70. The van der Waals surface area contributed by atoms with Gasteiger partial charge in [-0.15, -0.1) is 11.6 Å². The fourth-order valence-electron chi connectivity index (χ4n) is 1.10. The molecule has 0 amide bonds. The van der Waals surface area contributed by atoms with E-state index in [-0.39, 0.29) is 0 Å². The van der Waals surface area contributed by atoms with E-state index in [0.29, 0.717) is 11.7 Å². The summed E-state index contributed by atoms with van der Waals surface area (Å²) in [5, 5.41) is 0. The lowest BCUT2D eigenvalue weighted by molar-refractivity contribution is 1.03. The van der Waals surface area contributed by atoms with Gasteiger partial charge < -0.3 is 4.98 Å². The third-order valence-corrected chi connectivity index (χ3v) is 1.94. The van der Waals surface area contributed by atoms with Crippen molar-refractivity contribution in [2.75, 3.05) is 0 Å². The molecular formula is C9H8ClN3. The van der Waals surface area contributed by atoms with Crippen molar-refractivity contribution in [2.24, 2.45) is 0 Å². The molecule has 2 aromatic rings. The average molecular weight is 194 g/mol. The monoisotopic (exact) mass is 193 g/mol. The van der Waals surface area contributed by atoms with Gasteiger partial charge in [0.25, 0.3) is 0 Å². The molecule has 2 aromatic heterocycles. The fraction of sp³-hybridized carbons (Fsp3) is 0.111. The zero-order valence-corrected chi connectivity index (χ0v) is 7.62. The molecule has 0 saturated carbocycles. The van der Waals surface area contributed by atoms with Crippen LogP contribution in [0.1, 0.15) is 5.82 Å². The largest absolute Gasteiger partial charge is 0.360 e. The first-order valence-corrected chi connectivity index (χ1v) is 4.45. The number of H-pyrrole nitrogens is 1. The Morgan fingerprint density at radius 3 is 3.00 bits per heavy atom. The summed E-state index contributed by atoms with van der Waals surface area (Å²) in [5.74, 6) is 0.989. The molecule has 0 aliphatic rings. The van der Waals surface area contributed by atoms with Crippen molar-refractivity contribution < 1.29 is 0 Å². The number of rotatable bonds is 2. The van der Waals surface area contributed by atoms with Crippen LogP contribution in [0.15, 0.2) is 30.6 Å². The number of alkyl halides is 1. The summed E-state index contributed by atoms with van der Waals surface area (Å²) < 4.78 is 0. The molecule has 0 atom stereocenters. The summed E-state index contributed by atoms with van der Waals surface area (Å²) in [6.07, 6.45) is 3.57. The third-order valence-electron chi connectivity index (χ3n) is 1.70. The van der Waals surface area contributed by atoms with Gasteiger partial charge >= 0.3 is 0 Å². The summed E-state index contributed by atoms with van der Waals surface area (Å²) in [4.78, 5) is 11.3. The maximum atomic E-state index is 5.63. The topological polar surface area (TPSA) is 41.6 Å². The number of halogens is 1. The number of nitrogens with zero attached hydrogens (tertiary/aromatic N) is 2. The number of hydrogen-bond acceptors (Lipinski definition) is 2.